The first-order valence-electron chi connectivity index (χ1n) is 4.23. The second kappa shape index (κ2) is 5.51. The highest BCUT2D eigenvalue weighted by atomic mass is 16.5. The molecule has 0 bridgehead atoms. The van der Waals surface area contributed by atoms with Crippen molar-refractivity contribution in [2.75, 3.05) is 26.9 Å². The van der Waals surface area contributed by atoms with Gasteiger partial charge in [-0.1, -0.05) is 20.8 Å². The van der Waals surface area contributed by atoms with E-state index in [1.807, 2.05) is 20.8 Å². The monoisotopic (exact) mass is 176 g/mol. The summed E-state index contributed by atoms with van der Waals surface area (Å²) in [5, 5.41) is 9.52. The Hall–Kier alpha value is -0.120. The fraction of sp³-hybridized carbons (Fsp3) is 1.00. The van der Waals surface area contributed by atoms with Crippen LogP contribution in [0.1, 0.15) is 20.8 Å². The van der Waals surface area contributed by atoms with Crippen LogP contribution in [0.3, 0.4) is 0 Å². The number of aliphatic hydroxyl groups excluding tert-OH is 1. The average molecular weight is 176 g/mol. The minimum absolute atomic E-state index is 0.104. The van der Waals surface area contributed by atoms with Gasteiger partial charge in [0.2, 0.25) is 0 Å². The second-order valence-electron chi connectivity index (χ2n) is 3.95. The fourth-order valence-corrected chi connectivity index (χ4v) is 0.587. The predicted molar refractivity (Wildman–Crippen MR) is 48.2 cm³/mol. The van der Waals surface area contributed by atoms with Gasteiger partial charge in [0.05, 0.1) is 25.9 Å². The molecule has 0 amide bonds. The van der Waals surface area contributed by atoms with Crippen LogP contribution in [-0.4, -0.2) is 38.1 Å². The zero-order chi connectivity index (χ0) is 9.61. The van der Waals surface area contributed by atoms with Crippen LogP contribution in [0.15, 0.2) is 0 Å². The third-order valence-corrected chi connectivity index (χ3v) is 1.71. The van der Waals surface area contributed by atoms with Crippen LogP contribution in [0.25, 0.3) is 0 Å². The van der Waals surface area contributed by atoms with E-state index in [0.717, 1.165) is 0 Å². The molecule has 0 rings (SSSR count). The van der Waals surface area contributed by atoms with Crippen molar-refractivity contribution in [2.24, 2.45) is 5.41 Å². The van der Waals surface area contributed by atoms with Gasteiger partial charge in [-0.3, -0.25) is 0 Å². The van der Waals surface area contributed by atoms with Gasteiger partial charge in [-0.2, -0.15) is 0 Å². The molecule has 0 saturated heterocycles. The highest BCUT2D eigenvalue weighted by Gasteiger charge is 2.21. The number of aliphatic hydroxyl groups is 1. The summed E-state index contributed by atoms with van der Waals surface area (Å²) in [6, 6.07) is 0. The molecule has 0 spiro atoms. The summed E-state index contributed by atoms with van der Waals surface area (Å²) in [5.74, 6) is 0. The summed E-state index contributed by atoms with van der Waals surface area (Å²) in [6.45, 7) is 7.46. The minimum atomic E-state index is -0.408. The molecule has 3 heteroatoms. The lowest BCUT2D eigenvalue weighted by Gasteiger charge is -2.25. The molecular formula is C9H20O3. The molecule has 12 heavy (non-hydrogen) atoms. The Balaban J connectivity index is 3.38. The van der Waals surface area contributed by atoms with E-state index in [-0.39, 0.29) is 5.41 Å². The Bertz CT molecular complexity index is 107. The first-order chi connectivity index (χ1) is 5.48. The van der Waals surface area contributed by atoms with E-state index in [2.05, 4.69) is 0 Å². The SMILES string of the molecule is COCCOCC(O)C(C)(C)C. The van der Waals surface area contributed by atoms with E-state index in [9.17, 15) is 5.11 Å². The number of methoxy groups -OCH3 is 1. The number of ether oxygens (including phenoxy) is 2. The number of hydrogen-bond donors (Lipinski definition) is 1. The van der Waals surface area contributed by atoms with Gasteiger partial charge in [-0.15, -0.1) is 0 Å². The Morgan fingerprint density at radius 1 is 1.25 bits per heavy atom. The molecule has 0 saturated carbocycles. The van der Waals surface area contributed by atoms with E-state index < -0.39 is 6.10 Å². The van der Waals surface area contributed by atoms with Gasteiger partial charge >= 0.3 is 0 Å². The largest absolute Gasteiger partial charge is 0.390 e. The quantitative estimate of drug-likeness (QED) is 0.636. The summed E-state index contributed by atoms with van der Waals surface area (Å²) in [5.41, 5.74) is -0.104. The summed E-state index contributed by atoms with van der Waals surface area (Å²) in [7, 11) is 1.63. The highest BCUT2D eigenvalue weighted by molar-refractivity contribution is 4.71. The topological polar surface area (TPSA) is 38.7 Å². The second-order valence-corrected chi connectivity index (χ2v) is 3.95. The molecule has 74 valence electrons. The van der Waals surface area contributed by atoms with E-state index in [0.29, 0.717) is 19.8 Å². The lowest BCUT2D eigenvalue weighted by Crippen LogP contribution is -2.31. The van der Waals surface area contributed by atoms with E-state index in [1.165, 1.54) is 0 Å². The van der Waals surface area contributed by atoms with Crippen molar-refractivity contribution in [2.45, 2.75) is 26.9 Å². The standard InChI is InChI=1S/C9H20O3/c1-9(2,3)8(10)7-12-6-5-11-4/h8,10H,5-7H2,1-4H3. The molecule has 1 unspecified atom stereocenters. The van der Waals surface area contributed by atoms with Crippen LogP contribution in [0.5, 0.6) is 0 Å². The smallest absolute Gasteiger partial charge is 0.0821 e. The van der Waals surface area contributed by atoms with Gasteiger partial charge in [0.25, 0.3) is 0 Å². The lowest BCUT2D eigenvalue weighted by molar-refractivity contribution is -0.0314. The third kappa shape index (κ3) is 5.52. The molecule has 0 aromatic rings. The molecule has 1 N–H and O–H groups in total. The highest BCUT2D eigenvalue weighted by Crippen LogP contribution is 2.18. The number of rotatable bonds is 5. The molecule has 0 aliphatic carbocycles. The Morgan fingerprint density at radius 3 is 2.25 bits per heavy atom. The Morgan fingerprint density at radius 2 is 1.83 bits per heavy atom. The molecule has 3 nitrogen and oxygen atoms in total. The molecule has 0 aromatic heterocycles. The molecule has 0 fully saturated rings. The number of hydrogen-bond acceptors (Lipinski definition) is 3. The van der Waals surface area contributed by atoms with E-state index in [1.54, 1.807) is 7.11 Å². The van der Waals surface area contributed by atoms with Crippen LogP contribution in [0.4, 0.5) is 0 Å². The third-order valence-electron chi connectivity index (χ3n) is 1.71. The Labute approximate surface area is 74.7 Å². The van der Waals surface area contributed by atoms with Crippen molar-refractivity contribution in [3.05, 3.63) is 0 Å². The Kier molecular flexibility index (Phi) is 5.46. The van der Waals surface area contributed by atoms with Crippen molar-refractivity contribution in [3.63, 3.8) is 0 Å². The van der Waals surface area contributed by atoms with Gasteiger partial charge in [-0.05, 0) is 5.41 Å². The summed E-state index contributed by atoms with van der Waals surface area (Å²) in [4.78, 5) is 0. The van der Waals surface area contributed by atoms with Gasteiger partial charge in [0.1, 0.15) is 0 Å². The first-order valence-corrected chi connectivity index (χ1v) is 4.23. The maximum Gasteiger partial charge on any atom is 0.0821 e. The molecule has 0 aliphatic heterocycles. The van der Waals surface area contributed by atoms with Gasteiger partial charge in [0, 0.05) is 7.11 Å². The maximum atomic E-state index is 9.52. The van der Waals surface area contributed by atoms with E-state index >= 15 is 0 Å². The van der Waals surface area contributed by atoms with Crippen LogP contribution in [0, 0.1) is 5.41 Å². The first kappa shape index (κ1) is 11.9. The molecule has 0 heterocycles. The van der Waals surface area contributed by atoms with Gasteiger partial charge in [0.15, 0.2) is 0 Å². The van der Waals surface area contributed by atoms with Crippen LogP contribution in [-0.2, 0) is 9.47 Å². The van der Waals surface area contributed by atoms with Crippen LogP contribution >= 0.6 is 0 Å². The minimum Gasteiger partial charge on any atom is -0.390 e. The van der Waals surface area contributed by atoms with Crippen molar-refractivity contribution in [3.8, 4) is 0 Å². The average Bonchev–Trinajstić information content (AvgIpc) is 1.96. The van der Waals surface area contributed by atoms with Gasteiger partial charge in [-0.25, -0.2) is 0 Å². The van der Waals surface area contributed by atoms with Gasteiger partial charge < -0.3 is 14.6 Å². The summed E-state index contributed by atoms with van der Waals surface area (Å²) >= 11 is 0. The summed E-state index contributed by atoms with van der Waals surface area (Å²) in [6.07, 6.45) is -0.408. The van der Waals surface area contributed by atoms with Crippen molar-refractivity contribution in [1.82, 2.24) is 0 Å². The lowest BCUT2D eigenvalue weighted by atomic mass is 9.90. The molecule has 0 aliphatic rings. The van der Waals surface area contributed by atoms with Crippen molar-refractivity contribution >= 4 is 0 Å². The zero-order valence-corrected chi connectivity index (χ0v) is 8.46. The van der Waals surface area contributed by atoms with Crippen molar-refractivity contribution < 1.29 is 14.6 Å². The molecular weight excluding hydrogens is 156 g/mol. The molecule has 1 atom stereocenters. The molecule has 0 aromatic carbocycles. The van der Waals surface area contributed by atoms with Crippen molar-refractivity contribution in [1.29, 1.82) is 0 Å². The molecule has 0 radical (unpaired) electrons. The zero-order valence-electron chi connectivity index (χ0n) is 8.46. The van der Waals surface area contributed by atoms with Crippen LogP contribution in [0.2, 0.25) is 0 Å². The normalized spacial score (nSPS) is 14.8. The summed E-state index contributed by atoms with van der Waals surface area (Å²) < 4.78 is 9.99. The van der Waals surface area contributed by atoms with Crippen LogP contribution < -0.4 is 0 Å². The maximum absolute atomic E-state index is 9.52. The fourth-order valence-electron chi connectivity index (χ4n) is 0.587. The predicted octanol–water partition coefficient (Wildman–Crippen LogP) is 1.06. The van der Waals surface area contributed by atoms with E-state index in [4.69, 9.17) is 9.47 Å².